The van der Waals surface area contributed by atoms with Gasteiger partial charge >= 0.3 is 0 Å². The molecule has 0 saturated carbocycles. The average Bonchev–Trinajstić information content (AvgIpc) is 3.29. The predicted octanol–water partition coefficient (Wildman–Crippen LogP) is 4.93. The van der Waals surface area contributed by atoms with E-state index < -0.39 is 9.84 Å². The molecule has 1 aromatic heterocycles. The Hall–Kier alpha value is -2.60. The summed E-state index contributed by atoms with van der Waals surface area (Å²) in [5.41, 5.74) is 6.08. The van der Waals surface area contributed by atoms with Crippen molar-refractivity contribution in [3.63, 3.8) is 0 Å². The van der Waals surface area contributed by atoms with Crippen LogP contribution in [-0.4, -0.2) is 36.8 Å². The summed E-state index contributed by atoms with van der Waals surface area (Å²) in [4.78, 5) is 15.3. The number of fused-ring (bicyclic) bond motifs is 1. The second kappa shape index (κ2) is 8.74. The number of nitrogens with zero attached hydrogens (tertiary/aromatic N) is 1. The number of benzene rings is 2. The van der Waals surface area contributed by atoms with Crippen LogP contribution in [0.4, 0.5) is 0 Å². The van der Waals surface area contributed by atoms with Crippen LogP contribution in [0.2, 0.25) is 0 Å². The Balaban J connectivity index is 1.61. The summed E-state index contributed by atoms with van der Waals surface area (Å²) in [6.07, 6.45) is 2.34. The lowest BCUT2D eigenvalue weighted by Crippen LogP contribution is -2.41. The first-order chi connectivity index (χ1) is 15.1. The van der Waals surface area contributed by atoms with E-state index in [1.54, 1.807) is 11.2 Å². The zero-order valence-electron chi connectivity index (χ0n) is 19.2. The highest BCUT2D eigenvalue weighted by Gasteiger charge is 2.35. The maximum atomic E-state index is 13.5. The number of aryl methyl sites for hydroxylation is 2. The van der Waals surface area contributed by atoms with Gasteiger partial charge in [0, 0.05) is 23.5 Å². The first-order valence-electron chi connectivity index (χ1n) is 11.2. The number of hydrogen-bond donors (Lipinski definition) is 0. The Kier molecular flexibility index (Phi) is 6.17. The van der Waals surface area contributed by atoms with Gasteiger partial charge in [-0.15, -0.1) is 0 Å². The van der Waals surface area contributed by atoms with E-state index in [9.17, 15) is 13.2 Å². The van der Waals surface area contributed by atoms with Crippen LogP contribution in [-0.2, 0) is 27.6 Å². The topological polar surface area (TPSA) is 67.6 Å². The number of rotatable bonds is 6. The van der Waals surface area contributed by atoms with E-state index in [-0.39, 0.29) is 29.9 Å². The zero-order valence-corrected chi connectivity index (χ0v) is 20.0. The minimum atomic E-state index is -3.10. The van der Waals surface area contributed by atoms with Crippen LogP contribution < -0.4 is 0 Å². The van der Waals surface area contributed by atoms with Crippen molar-refractivity contribution in [3.8, 4) is 0 Å². The van der Waals surface area contributed by atoms with E-state index in [1.807, 2.05) is 32.0 Å². The molecule has 0 unspecified atom stereocenters. The van der Waals surface area contributed by atoms with Crippen molar-refractivity contribution < 1.29 is 17.6 Å². The minimum Gasteiger partial charge on any atom is -0.464 e. The summed E-state index contributed by atoms with van der Waals surface area (Å²) in [5, 5.41) is 0.976. The number of furan rings is 1. The molecular formula is C26H31NO4S. The summed E-state index contributed by atoms with van der Waals surface area (Å²) in [7, 11) is -3.10. The highest BCUT2D eigenvalue weighted by molar-refractivity contribution is 7.91. The van der Waals surface area contributed by atoms with Gasteiger partial charge in [0.15, 0.2) is 9.84 Å². The Morgan fingerprint density at radius 3 is 2.50 bits per heavy atom. The van der Waals surface area contributed by atoms with Crippen molar-refractivity contribution >= 4 is 26.7 Å². The first-order valence-corrected chi connectivity index (χ1v) is 13.0. The van der Waals surface area contributed by atoms with Gasteiger partial charge in [-0.3, -0.25) is 4.79 Å². The molecule has 0 aliphatic carbocycles. The van der Waals surface area contributed by atoms with Crippen LogP contribution in [0.25, 0.3) is 11.0 Å². The molecular weight excluding hydrogens is 422 g/mol. The summed E-state index contributed by atoms with van der Waals surface area (Å²) < 4.78 is 30.0. The SMILES string of the molecule is Cc1cc(C)c2c(CC(=O)N(Cc3ccc(C(C)C)cc3)[C@H]3CCS(=O)(=O)C3)coc2c1. The molecule has 170 valence electrons. The molecule has 0 radical (unpaired) electrons. The van der Waals surface area contributed by atoms with Crippen molar-refractivity contribution in [3.05, 3.63) is 70.5 Å². The molecule has 1 saturated heterocycles. The van der Waals surface area contributed by atoms with E-state index in [0.29, 0.717) is 18.9 Å². The quantitative estimate of drug-likeness (QED) is 0.531. The smallest absolute Gasteiger partial charge is 0.227 e. The third-order valence-electron chi connectivity index (χ3n) is 6.40. The lowest BCUT2D eigenvalue weighted by atomic mass is 10.0. The Bertz CT molecular complexity index is 1240. The zero-order chi connectivity index (χ0) is 23.0. The van der Waals surface area contributed by atoms with Gasteiger partial charge < -0.3 is 9.32 Å². The van der Waals surface area contributed by atoms with Crippen molar-refractivity contribution in [2.75, 3.05) is 11.5 Å². The van der Waals surface area contributed by atoms with Gasteiger partial charge in [0.1, 0.15) is 5.58 Å². The van der Waals surface area contributed by atoms with Gasteiger partial charge in [-0.25, -0.2) is 8.42 Å². The minimum absolute atomic E-state index is 0.0349. The third kappa shape index (κ3) is 4.75. The molecule has 3 aromatic rings. The van der Waals surface area contributed by atoms with Gasteiger partial charge in [-0.2, -0.15) is 0 Å². The van der Waals surface area contributed by atoms with E-state index >= 15 is 0 Å². The summed E-state index contributed by atoms with van der Waals surface area (Å²) in [6.45, 7) is 8.74. The van der Waals surface area contributed by atoms with E-state index in [1.165, 1.54) is 5.56 Å². The number of amides is 1. The van der Waals surface area contributed by atoms with Crippen LogP contribution in [0.15, 0.2) is 47.1 Å². The second-order valence-electron chi connectivity index (χ2n) is 9.37. The maximum Gasteiger partial charge on any atom is 0.227 e. The standard InChI is InChI=1S/C26H31NO4S/c1-17(2)21-7-5-20(6-8-21)14-27(23-9-10-32(29,30)16-23)25(28)13-22-15-31-24-12-18(3)11-19(4)26(22)24/h5-8,11-12,15,17,23H,9-10,13-14,16H2,1-4H3/t23-/m0/s1. The van der Waals surface area contributed by atoms with E-state index in [0.717, 1.165) is 33.2 Å². The molecule has 1 aliphatic rings. The highest BCUT2D eigenvalue weighted by Crippen LogP contribution is 2.28. The summed E-state index contributed by atoms with van der Waals surface area (Å²) in [6, 6.07) is 12.0. The van der Waals surface area contributed by atoms with E-state index in [4.69, 9.17) is 4.42 Å². The fourth-order valence-corrected chi connectivity index (χ4v) is 6.40. The van der Waals surface area contributed by atoms with Crippen molar-refractivity contribution in [1.29, 1.82) is 0 Å². The summed E-state index contributed by atoms with van der Waals surface area (Å²) >= 11 is 0. The Labute approximate surface area is 190 Å². The van der Waals surface area contributed by atoms with Crippen molar-refractivity contribution in [2.45, 2.75) is 59.0 Å². The van der Waals surface area contributed by atoms with Crippen LogP contribution >= 0.6 is 0 Å². The maximum absolute atomic E-state index is 13.5. The Morgan fingerprint density at radius 2 is 1.88 bits per heavy atom. The van der Waals surface area contributed by atoms with Crippen LogP contribution in [0.1, 0.15) is 54.0 Å². The second-order valence-corrected chi connectivity index (χ2v) is 11.6. The lowest BCUT2D eigenvalue weighted by molar-refractivity contribution is -0.133. The number of carbonyl (C=O) groups excluding carboxylic acids is 1. The molecule has 0 N–H and O–H groups in total. The van der Waals surface area contributed by atoms with Crippen LogP contribution in [0.3, 0.4) is 0 Å². The molecule has 1 atom stereocenters. The van der Waals surface area contributed by atoms with E-state index in [2.05, 4.69) is 32.0 Å². The molecule has 5 nitrogen and oxygen atoms in total. The fourth-order valence-electron chi connectivity index (χ4n) is 4.67. The molecule has 1 fully saturated rings. The predicted molar refractivity (Wildman–Crippen MR) is 128 cm³/mol. The van der Waals surface area contributed by atoms with Gasteiger partial charge in [-0.1, -0.05) is 44.2 Å². The number of sulfone groups is 1. The fraction of sp³-hybridized carbons (Fsp3) is 0.423. The van der Waals surface area contributed by atoms with Gasteiger partial charge in [-0.05, 0) is 54.5 Å². The molecule has 2 heterocycles. The molecule has 1 aliphatic heterocycles. The highest BCUT2D eigenvalue weighted by atomic mass is 32.2. The molecule has 4 rings (SSSR count). The third-order valence-corrected chi connectivity index (χ3v) is 8.15. The van der Waals surface area contributed by atoms with Crippen LogP contribution in [0, 0.1) is 13.8 Å². The van der Waals surface area contributed by atoms with Gasteiger partial charge in [0.25, 0.3) is 0 Å². The normalized spacial score (nSPS) is 17.8. The summed E-state index contributed by atoms with van der Waals surface area (Å²) in [5.74, 6) is 0.541. The molecule has 1 amide bonds. The van der Waals surface area contributed by atoms with Gasteiger partial charge in [0.05, 0.1) is 24.2 Å². The van der Waals surface area contributed by atoms with Crippen LogP contribution in [0.5, 0.6) is 0 Å². The number of hydrogen-bond acceptors (Lipinski definition) is 4. The monoisotopic (exact) mass is 453 g/mol. The lowest BCUT2D eigenvalue weighted by Gasteiger charge is -2.28. The largest absolute Gasteiger partial charge is 0.464 e. The molecule has 2 aromatic carbocycles. The van der Waals surface area contributed by atoms with Crippen molar-refractivity contribution in [1.82, 2.24) is 4.90 Å². The molecule has 0 spiro atoms. The number of carbonyl (C=O) groups is 1. The average molecular weight is 454 g/mol. The molecule has 0 bridgehead atoms. The van der Waals surface area contributed by atoms with Crippen molar-refractivity contribution in [2.24, 2.45) is 0 Å². The van der Waals surface area contributed by atoms with Gasteiger partial charge in [0.2, 0.25) is 5.91 Å². The Morgan fingerprint density at radius 1 is 1.16 bits per heavy atom. The molecule has 32 heavy (non-hydrogen) atoms. The molecule has 6 heteroatoms. The first kappa shape index (κ1) is 22.6.